The van der Waals surface area contributed by atoms with E-state index in [1.165, 1.54) is 68.5 Å². The number of rotatable bonds is 4. The molecule has 3 aliphatic rings. The highest BCUT2D eigenvalue weighted by Gasteiger charge is 2.43. The van der Waals surface area contributed by atoms with Gasteiger partial charge < -0.3 is 5.32 Å². The summed E-state index contributed by atoms with van der Waals surface area (Å²) in [6.45, 7) is 2.44. The molecule has 4 rings (SSSR count). The summed E-state index contributed by atoms with van der Waals surface area (Å²) in [5.74, 6) is 0.805. The summed E-state index contributed by atoms with van der Waals surface area (Å²) >= 11 is 2.01. The summed E-state index contributed by atoms with van der Waals surface area (Å²) in [5.41, 5.74) is 1.58. The Balaban J connectivity index is 1.67. The van der Waals surface area contributed by atoms with Crippen LogP contribution in [0.2, 0.25) is 0 Å². The van der Waals surface area contributed by atoms with Crippen molar-refractivity contribution < 1.29 is 0 Å². The Morgan fingerprint density at radius 2 is 1.89 bits per heavy atom. The van der Waals surface area contributed by atoms with Crippen LogP contribution in [0.1, 0.15) is 67.4 Å². The molecule has 1 N–H and O–H groups in total. The molecule has 3 aliphatic carbocycles. The second-order valence-corrected chi connectivity index (χ2v) is 7.93. The first-order valence-corrected chi connectivity index (χ1v) is 8.84. The first kappa shape index (κ1) is 12.3. The number of hydrogen-bond acceptors (Lipinski definition) is 3. The van der Waals surface area contributed by atoms with Crippen LogP contribution < -0.4 is 5.32 Å². The van der Waals surface area contributed by atoms with Crippen LogP contribution in [0, 0.1) is 5.92 Å². The standard InChI is InChI=1S/C16H24N2S/c1-16(18-12-9-10-12,11-5-2-3-6-11)15-17-13-7-4-8-14(13)19-15/h11-12,18H,2-10H2,1H3. The van der Waals surface area contributed by atoms with Gasteiger partial charge in [0.15, 0.2) is 0 Å². The molecule has 1 heterocycles. The average molecular weight is 276 g/mol. The van der Waals surface area contributed by atoms with Gasteiger partial charge in [-0.25, -0.2) is 4.98 Å². The van der Waals surface area contributed by atoms with Crippen molar-refractivity contribution in [2.24, 2.45) is 5.92 Å². The van der Waals surface area contributed by atoms with Crippen LogP contribution in [0.3, 0.4) is 0 Å². The van der Waals surface area contributed by atoms with Gasteiger partial charge in [0.1, 0.15) is 5.01 Å². The summed E-state index contributed by atoms with van der Waals surface area (Å²) in [5, 5.41) is 5.36. The van der Waals surface area contributed by atoms with Crippen molar-refractivity contribution in [1.29, 1.82) is 0 Å². The van der Waals surface area contributed by atoms with E-state index in [4.69, 9.17) is 4.98 Å². The van der Waals surface area contributed by atoms with Crippen LogP contribution >= 0.6 is 11.3 Å². The molecule has 1 aromatic rings. The SMILES string of the molecule is CC(NC1CC1)(c1nc2c(s1)CCC2)C1CCCC1. The van der Waals surface area contributed by atoms with Crippen LogP contribution in [0.25, 0.3) is 0 Å². The Bertz CT molecular complexity index is 450. The van der Waals surface area contributed by atoms with E-state index in [-0.39, 0.29) is 5.54 Å². The van der Waals surface area contributed by atoms with Crippen molar-refractivity contribution in [3.8, 4) is 0 Å². The zero-order valence-corrected chi connectivity index (χ0v) is 12.7. The van der Waals surface area contributed by atoms with Crippen molar-refractivity contribution in [3.63, 3.8) is 0 Å². The van der Waals surface area contributed by atoms with E-state index < -0.39 is 0 Å². The molecular weight excluding hydrogens is 252 g/mol. The topological polar surface area (TPSA) is 24.9 Å². The van der Waals surface area contributed by atoms with Gasteiger partial charge in [-0.3, -0.25) is 0 Å². The Kier molecular flexibility index (Phi) is 2.96. The lowest BCUT2D eigenvalue weighted by molar-refractivity contribution is 0.231. The van der Waals surface area contributed by atoms with Gasteiger partial charge in [-0.1, -0.05) is 12.8 Å². The van der Waals surface area contributed by atoms with Gasteiger partial charge in [-0.15, -0.1) is 11.3 Å². The van der Waals surface area contributed by atoms with Gasteiger partial charge in [0, 0.05) is 10.9 Å². The zero-order valence-electron chi connectivity index (χ0n) is 11.9. The highest BCUT2D eigenvalue weighted by atomic mass is 32.1. The van der Waals surface area contributed by atoms with Crippen LogP contribution in [0.4, 0.5) is 0 Å². The van der Waals surface area contributed by atoms with Gasteiger partial charge in [0.25, 0.3) is 0 Å². The van der Waals surface area contributed by atoms with E-state index in [2.05, 4.69) is 12.2 Å². The quantitative estimate of drug-likeness (QED) is 0.905. The van der Waals surface area contributed by atoms with Gasteiger partial charge in [0.05, 0.1) is 11.2 Å². The molecule has 0 saturated heterocycles. The molecule has 1 aromatic heterocycles. The molecule has 0 spiro atoms. The van der Waals surface area contributed by atoms with Crippen molar-refractivity contribution >= 4 is 11.3 Å². The fraction of sp³-hybridized carbons (Fsp3) is 0.812. The van der Waals surface area contributed by atoms with E-state index in [9.17, 15) is 0 Å². The first-order chi connectivity index (χ1) is 9.25. The molecule has 0 aromatic carbocycles. The average Bonchev–Trinajstić information content (AvgIpc) is 2.90. The third kappa shape index (κ3) is 2.15. The predicted octanol–water partition coefficient (Wildman–Crippen LogP) is 3.79. The maximum atomic E-state index is 5.04. The maximum Gasteiger partial charge on any atom is 0.113 e. The summed E-state index contributed by atoms with van der Waals surface area (Å²) in [4.78, 5) is 6.62. The van der Waals surface area contributed by atoms with E-state index >= 15 is 0 Å². The van der Waals surface area contributed by atoms with Crippen molar-refractivity contribution in [3.05, 3.63) is 15.6 Å². The minimum Gasteiger partial charge on any atom is -0.303 e. The number of thiazole rings is 1. The number of hydrogen-bond donors (Lipinski definition) is 1. The second kappa shape index (κ2) is 4.56. The lowest BCUT2D eigenvalue weighted by atomic mass is 9.84. The molecule has 0 amide bonds. The van der Waals surface area contributed by atoms with Crippen LogP contribution in [0.5, 0.6) is 0 Å². The van der Waals surface area contributed by atoms with Gasteiger partial charge in [-0.05, 0) is 57.8 Å². The summed E-state index contributed by atoms with van der Waals surface area (Å²) in [6, 6.07) is 0.768. The van der Waals surface area contributed by atoms with Gasteiger partial charge >= 0.3 is 0 Å². The Hall–Kier alpha value is -0.410. The molecule has 0 radical (unpaired) electrons. The van der Waals surface area contributed by atoms with Crippen LogP contribution in [0.15, 0.2) is 0 Å². The Morgan fingerprint density at radius 3 is 2.58 bits per heavy atom. The van der Waals surface area contributed by atoms with Crippen LogP contribution in [-0.4, -0.2) is 11.0 Å². The molecule has 2 saturated carbocycles. The summed E-state index contributed by atoms with van der Waals surface area (Å²) < 4.78 is 0. The molecule has 1 unspecified atom stereocenters. The molecule has 0 aliphatic heterocycles. The van der Waals surface area contributed by atoms with E-state index in [0.717, 1.165) is 12.0 Å². The molecule has 19 heavy (non-hydrogen) atoms. The van der Waals surface area contributed by atoms with Crippen LogP contribution in [-0.2, 0) is 18.4 Å². The van der Waals surface area contributed by atoms with Crippen molar-refractivity contribution in [1.82, 2.24) is 10.3 Å². The number of aryl methyl sites for hydroxylation is 2. The van der Waals surface area contributed by atoms with E-state index in [0.29, 0.717) is 0 Å². The van der Waals surface area contributed by atoms with E-state index in [1.54, 1.807) is 4.88 Å². The minimum atomic E-state index is 0.159. The molecular formula is C16H24N2S. The van der Waals surface area contributed by atoms with Crippen molar-refractivity contribution in [2.75, 3.05) is 0 Å². The molecule has 3 heteroatoms. The molecule has 104 valence electrons. The maximum absolute atomic E-state index is 5.04. The Morgan fingerprint density at radius 1 is 1.11 bits per heavy atom. The number of nitrogens with one attached hydrogen (secondary N) is 1. The number of fused-ring (bicyclic) bond motifs is 1. The number of aromatic nitrogens is 1. The Labute approximate surface area is 120 Å². The molecule has 1 atom stereocenters. The summed E-state index contributed by atoms with van der Waals surface area (Å²) in [6.07, 6.45) is 12.2. The third-order valence-corrected chi connectivity index (χ3v) is 6.69. The van der Waals surface area contributed by atoms with Gasteiger partial charge in [-0.2, -0.15) is 0 Å². The van der Waals surface area contributed by atoms with E-state index in [1.807, 2.05) is 11.3 Å². The molecule has 0 bridgehead atoms. The second-order valence-electron chi connectivity index (χ2n) is 6.84. The molecule has 2 nitrogen and oxygen atoms in total. The minimum absolute atomic E-state index is 0.159. The summed E-state index contributed by atoms with van der Waals surface area (Å²) in [7, 11) is 0. The number of nitrogens with zero attached hydrogens (tertiary/aromatic N) is 1. The third-order valence-electron chi connectivity index (χ3n) is 5.29. The fourth-order valence-electron chi connectivity index (χ4n) is 3.92. The smallest absolute Gasteiger partial charge is 0.113 e. The largest absolute Gasteiger partial charge is 0.303 e. The normalized spacial score (nSPS) is 26.6. The lowest BCUT2D eigenvalue weighted by Gasteiger charge is -2.35. The van der Waals surface area contributed by atoms with Crippen molar-refractivity contribution in [2.45, 2.75) is 76.3 Å². The van der Waals surface area contributed by atoms with Gasteiger partial charge in [0.2, 0.25) is 0 Å². The predicted molar refractivity (Wildman–Crippen MR) is 79.6 cm³/mol. The zero-order chi connectivity index (χ0) is 12.9. The lowest BCUT2D eigenvalue weighted by Crippen LogP contribution is -2.46. The monoisotopic (exact) mass is 276 g/mol. The highest BCUT2D eigenvalue weighted by Crippen LogP contribution is 2.45. The fourth-order valence-corrected chi connectivity index (χ4v) is 5.26. The highest BCUT2D eigenvalue weighted by molar-refractivity contribution is 7.12. The first-order valence-electron chi connectivity index (χ1n) is 8.02. The molecule has 2 fully saturated rings.